The molecule has 1 aliphatic carbocycles. The second-order valence-electron chi connectivity index (χ2n) is 7.41. The highest BCUT2D eigenvalue weighted by Gasteiger charge is 2.36. The Balaban J connectivity index is 1.70. The molecule has 4 rings (SSSR count). The standard InChI is InChI=1S/C20H21F3N2O2/c1-11-7-17(19(26)24-10-14-3-2-6-27-14)25-18-15(11)8-13(12-4-5-12)9-16(18)20(21,22)23/h7-9,12,14H,2-6,10H2,1H3,(H,24,26)/t14-/m1/s1. The van der Waals surface area contributed by atoms with E-state index in [-0.39, 0.29) is 23.2 Å². The van der Waals surface area contributed by atoms with E-state index in [0.29, 0.717) is 29.7 Å². The molecule has 144 valence electrons. The molecule has 1 aliphatic heterocycles. The van der Waals surface area contributed by atoms with Crippen LogP contribution in [0.25, 0.3) is 10.9 Å². The topological polar surface area (TPSA) is 51.2 Å². The Labute approximate surface area is 155 Å². The molecule has 0 radical (unpaired) electrons. The van der Waals surface area contributed by atoms with Crippen LogP contribution in [0, 0.1) is 6.92 Å². The highest BCUT2D eigenvalue weighted by molar-refractivity contribution is 5.97. The largest absolute Gasteiger partial charge is 0.418 e. The Morgan fingerprint density at radius 2 is 2.04 bits per heavy atom. The number of nitrogens with zero attached hydrogens (tertiary/aromatic N) is 1. The molecule has 2 aliphatic rings. The van der Waals surface area contributed by atoms with Crippen molar-refractivity contribution in [2.75, 3.05) is 13.2 Å². The minimum Gasteiger partial charge on any atom is -0.376 e. The fourth-order valence-corrected chi connectivity index (χ4v) is 3.60. The zero-order valence-electron chi connectivity index (χ0n) is 15.0. The normalized spacial score (nSPS) is 20.2. The molecule has 0 bridgehead atoms. The van der Waals surface area contributed by atoms with Gasteiger partial charge in [-0.05, 0) is 67.9 Å². The molecule has 2 aromatic rings. The van der Waals surface area contributed by atoms with E-state index in [1.807, 2.05) is 0 Å². The van der Waals surface area contributed by atoms with E-state index in [0.717, 1.165) is 25.7 Å². The maximum Gasteiger partial charge on any atom is 0.418 e. The zero-order chi connectivity index (χ0) is 19.2. The Bertz CT molecular complexity index is 885. The fraction of sp³-hybridized carbons (Fsp3) is 0.500. The van der Waals surface area contributed by atoms with Crippen molar-refractivity contribution in [1.29, 1.82) is 0 Å². The van der Waals surface area contributed by atoms with Crippen LogP contribution in [-0.4, -0.2) is 30.1 Å². The first kappa shape index (κ1) is 18.2. The zero-order valence-corrected chi connectivity index (χ0v) is 15.0. The summed E-state index contributed by atoms with van der Waals surface area (Å²) in [5.41, 5.74) is 0.404. The molecule has 7 heteroatoms. The van der Waals surface area contributed by atoms with Crippen molar-refractivity contribution in [1.82, 2.24) is 10.3 Å². The number of carbonyl (C=O) groups excluding carboxylic acids is 1. The summed E-state index contributed by atoms with van der Waals surface area (Å²) < 4.78 is 46.4. The summed E-state index contributed by atoms with van der Waals surface area (Å²) in [6.07, 6.45) is -0.908. The predicted molar refractivity (Wildman–Crippen MR) is 94.8 cm³/mol. The number of alkyl halides is 3. The molecule has 1 saturated carbocycles. The maximum atomic E-state index is 13.6. The number of pyridine rings is 1. The van der Waals surface area contributed by atoms with E-state index >= 15 is 0 Å². The molecular weight excluding hydrogens is 357 g/mol. The van der Waals surface area contributed by atoms with Gasteiger partial charge in [-0.1, -0.05) is 0 Å². The average molecular weight is 378 g/mol. The highest BCUT2D eigenvalue weighted by Crippen LogP contribution is 2.44. The third kappa shape index (κ3) is 3.78. The number of aromatic nitrogens is 1. The van der Waals surface area contributed by atoms with Gasteiger partial charge in [0.25, 0.3) is 5.91 Å². The summed E-state index contributed by atoms with van der Waals surface area (Å²) in [5.74, 6) is -0.279. The number of nitrogens with one attached hydrogen (secondary N) is 1. The quantitative estimate of drug-likeness (QED) is 0.861. The minimum atomic E-state index is -4.52. The summed E-state index contributed by atoms with van der Waals surface area (Å²) in [6, 6.07) is 4.54. The lowest BCUT2D eigenvalue weighted by Gasteiger charge is -2.15. The second kappa shape index (κ2) is 6.78. The van der Waals surface area contributed by atoms with Crippen LogP contribution in [0.5, 0.6) is 0 Å². The smallest absolute Gasteiger partial charge is 0.376 e. The number of aryl methyl sites for hydroxylation is 1. The van der Waals surface area contributed by atoms with Gasteiger partial charge < -0.3 is 10.1 Å². The summed E-state index contributed by atoms with van der Waals surface area (Å²) in [5, 5.41) is 3.18. The second-order valence-corrected chi connectivity index (χ2v) is 7.41. The van der Waals surface area contributed by atoms with Crippen LogP contribution in [0.4, 0.5) is 13.2 Å². The summed E-state index contributed by atoms with van der Waals surface area (Å²) in [4.78, 5) is 16.5. The molecule has 0 spiro atoms. The number of hydrogen-bond donors (Lipinski definition) is 1. The molecule has 1 atom stereocenters. The van der Waals surface area contributed by atoms with Crippen LogP contribution >= 0.6 is 0 Å². The van der Waals surface area contributed by atoms with E-state index in [4.69, 9.17) is 4.74 Å². The number of carbonyl (C=O) groups is 1. The van der Waals surface area contributed by atoms with Crippen molar-refractivity contribution in [2.24, 2.45) is 0 Å². The fourth-order valence-electron chi connectivity index (χ4n) is 3.60. The molecule has 0 unspecified atom stereocenters. The van der Waals surface area contributed by atoms with Crippen LogP contribution in [0.3, 0.4) is 0 Å². The van der Waals surface area contributed by atoms with E-state index in [9.17, 15) is 18.0 Å². The SMILES string of the molecule is Cc1cc(C(=O)NC[C@H]2CCCO2)nc2c(C(F)(F)F)cc(C3CC3)cc12. The van der Waals surface area contributed by atoms with Gasteiger partial charge in [-0.25, -0.2) is 4.98 Å². The van der Waals surface area contributed by atoms with E-state index in [1.165, 1.54) is 6.07 Å². The molecule has 4 nitrogen and oxygen atoms in total. The lowest BCUT2D eigenvalue weighted by molar-refractivity contribution is -0.136. The van der Waals surface area contributed by atoms with Crippen LogP contribution in [0.1, 0.15) is 58.8 Å². The molecule has 1 aromatic carbocycles. The van der Waals surface area contributed by atoms with Gasteiger partial charge in [-0.2, -0.15) is 13.2 Å². The first-order chi connectivity index (χ1) is 12.8. The number of halogens is 3. The lowest BCUT2D eigenvalue weighted by atomic mass is 9.98. The van der Waals surface area contributed by atoms with Crippen molar-refractivity contribution in [3.63, 3.8) is 0 Å². The minimum absolute atomic E-state index is 0.00247. The van der Waals surface area contributed by atoms with Crippen molar-refractivity contribution in [2.45, 2.75) is 50.8 Å². The van der Waals surface area contributed by atoms with Gasteiger partial charge in [-0.15, -0.1) is 0 Å². The van der Waals surface area contributed by atoms with Crippen molar-refractivity contribution in [3.05, 3.63) is 40.6 Å². The van der Waals surface area contributed by atoms with E-state index in [1.54, 1.807) is 19.1 Å². The average Bonchev–Trinajstić information content (AvgIpc) is 3.34. The van der Waals surface area contributed by atoms with Crippen LogP contribution in [-0.2, 0) is 10.9 Å². The van der Waals surface area contributed by atoms with Gasteiger partial charge in [0.2, 0.25) is 0 Å². The van der Waals surface area contributed by atoms with Crippen molar-refractivity contribution < 1.29 is 22.7 Å². The van der Waals surface area contributed by atoms with Crippen molar-refractivity contribution >= 4 is 16.8 Å². The predicted octanol–water partition coefficient (Wildman–Crippen LogP) is 4.35. The van der Waals surface area contributed by atoms with Gasteiger partial charge in [-0.3, -0.25) is 4.79 Å². The maximum absolute atomic E-state index is 13.6. The number of rotatable bonds is 4. The van der Waals surface area contributed by atoms with Crippen LogP contribution in [0.15, 0.2) is 18.2 Å². The van der Waals surface area contributed by atoms with Crippen LogP contribution in [0.2, 0.25) is 0 Å². The first-order valence-electron chi connectivity index (χ1n) is 9.25. The van der Waals surface area contributed by atoms with Gasteiger partial charge in [0, 0.05) is 18.5 Å². The molecular formula is C20H21F3N2O2. The monoisotopic (exact) mass is 378 g/mol. The van der Waals surface area contributed by atoms with Gasteiger partial charge in [0.15, 0.2) is 0 Å². The summed E-state index contributed by atoms with van der Waals surface area (Å²) >= 11 is 0. The molecule has 1 aromatic heterocycles. The molecule has 2 fully saturated rings. The molecule has 1 N–H and O–H groups in total. The Morgan fingerprint density at radius 1 is 1.26 bits per heavy atom. The Hall–Kier alpha value is -2.15. The Kier molecular flexibility index (Phi) is 4.58. The number of benzene rings is 1. The number of hydrogen-bond acceptors (Lipinski definition) is 3. The van der Waals surface area contributed by atoms with Gasteiger partial charge in [0.05, 0.1) is 17.2 Å². The molecule has 2 heterocycles. The molecule has 1 amide bonds. The number of ether oxygens (including phenoxy) is 1. The highest BCUT2D eigenvalue weighted by atomic mass is 19.4. The van der Waals surface area contributed by atoms with Gasteiger partial charge in [0.1, 0.15) is 5.69 Å². The Morgan fingerprint density at radius 3 is 2.67 bits per heavy atom. The van der Waals surface area contributed by atoms with E-state index in [2.05, 4.69) is 10.3 Å². The van der Waals surface area contributed by atoms with Crippen molar-refractivity contribution in [3.8, 4) is 0 Å². The van der Waals surface area contributed by atoms with Gasteiger partial charge >= 0.3 is 6.18 Å². The summed E-state index contributed by atoms with van der Waals surface area (Å²) in [6.45, 7) is 2.73. The molecule has 27 heavy (non-hydrogen) atoms. The van der Waals surface area contributed by atoms with Crippen LogP contribution < -0.4 is 5.32 Å². The number of fused-ring (bicyclic) bond motifs is 1. The first-order valence-corrected chi connectivity index (χ1v) is 9.25. The third-order valence-electron chi connectivity index (χ3n) is 5.24. The lowest BCUT2D eigenvalue weighted by Crippen LogP contribution is -2.32. The third-order valence-corrected chi connectivity index (χ3v) is 5.24. The van der Waals surface area contributed by atoms with E-state index < -0.39 is 17.6 Å². The summed E-state index contributed by atoms with van der Waals surface area (Å²) in [7, 11) is 0. The number of amides is 1. The molecule has 1 saturated heterocycles.